The first-order chi connectivity index (χ1) is 15.4. The van der Waals surface area contributed by atoms with Crippen molar-refractivity contribution in [2.24, 2.45) is 0 Å². The topological polar surface area (TPSA) is 76.0 Å². The highest BCUT2D eigenvalue weighted by Crippen LogP contribution is 2.34. The summed E-state index contributed by atoms with van der Waals surface area (Å²) in [7, 11) is 0. The van der Waals surface area contributed by atoms with Gasteiger partial charge in [-0.15, -0.1) is 0 Å². The maximum Gasteiger partial charge on any atom is 0.106 e. The Kier molecular flexibility index (Phi) is 27.4. The van der Waals surface area contributed by atoms with Crippen LogP contribution in [0.3, 0.4) is 0 Å². The first-order valence-electron chi connectivity index (χ1n) is 13.9. The maximum absolute atomic E-state index is 10.7. The Morgan fingerprint density at radius 1 is 0.676 bits per heavy atom. The molecule has 34 heavy (non-hydrogen) atoms. The van der Waals surface area contributed by atoms with Gasteiger partial charge in [-0.05, 0) is 33.1 Å². The molecule has 7 heteroatoms. The minimum Gasteiger partial charge on any atom is -0.391 e. The molecule has 0 fully saturated rings. The third kappa shape index (κ3) is 14.9. The fraction of sp³-hybridized carbons (Fsp3) is 1.00. The molecule has 0 aromatic carbocycles. The third-order valence-electron chi connectivity index (χ3n) is 7.39. The van der Waals surface area contributed by atoms with Crippen molar-refractivity contribution in [2.45, 2.75) is 174 Å². The van der Waals surface area contributed by atoms with Crippen LogP contribution in [0.25, 0.3) is 0 Å². The zero-order valence-electron chi connectivity index (χ0n) is 23.1. The molecule has 4 unspecified atom stereocenters. The van der Waals surface area contributed by atoms with Crippen LogP contribution < -0.4 is 5.48 Å². The fourth-order valence-electron chi connectivity index (χ4n) is 5.30. The zero-order chi connectivity index (χ0) is 24.2. The summed E-state index contributed by atoms with van der Waals surface area (Å²) in [6.07, 6.45) is 20.5. The lowest BCUT2D eigenvalue weighted by Gasteiger charge is -2.50. The summed E-state index contributed by atoms with van der Waals surface area (Å²) in [5, 5.41) is 30.7. The van der Waals surface area contributed by atoms with E-state index in [1.807, 2.05) is 18.7 Å². The Morgan fingerprint density at radius 3 is 1.32 bits per heavy atom. The van der Waals surface area contributed by atoms with Gasteiger partial charge in [0.15, 0.2) is 0 Å². The monoisotopic (exact) mass is 498 g/mol. The summed E-state index contributed by atoms with van der Waals surface area (Å²) in [6.45, 7) is 9.85. The zero-order valence-corrected chi connectivity index (χ0v) is 23.1. The van der Waals surface area contributed by atoms with Gasteiger partial charge in [-0.2, -0.15) is 5.48 Å². The fourth-order valence-corrected chi connectivity index (χ4v) is 5.30. The molecule has 0 aliphatic rings. The van der Waals surface area contributed by atoms with Crippen molar-refractivity contribution in [1.29, 1.82) is 0 Å². The molecule has 0 aromatic heterocycles. The first kappa shape index (κ1) is 38.2. The normalized spacial score (nSPS) is 15.8. The van der Waals surface area contributed by atoms with Crippen molar-refractivity contribution in [3.05, 3.63) is 0 Å². The molecule has 0 heterocycles. The Morgan fingerprint density at radius 2 is 1.06 bits per heavy atom. The Hall–Kier alpha value is -0.340. The van der Waals surface area contributed by atoms with Crippen molar-refractivity contribution in [3.8, 4) is 0 Å². The number of aliphatic hydroxyl groups is 2. The minimum absolute atomic E-state index is 0. The second-order valence-electron chi connectivity index (χ2n) is 9.93. The smallest absolute Gasteiger partial charge is 0.106 e. The Balaban J connectivity index is -0.00000480. The second kappa shape index (κ2) is 24.4. The SMILES string of the molecule is CCCCCCCCCCCCCCCCCC(CC)(C(C)O)N(C(C)O)C(CC)NO.F.F. The second-order valence-corrected chi connectivity index (χ2v) is 9.93. The van der Waals surface area contributed by atoms with E-state index in [0.29, 0.717) is 6.42 Å². The van der Waals surface area contributed by atoms with Gasteiger partial charge in [-0.25, -0.2) is 0 Å². The molecule has 0 rings (SSSR count). The quantitative estimate of drug-likeness (QED) is 0.0669. The average Bonchev–Trinajstić information content (AvgIpc) is 2.77. The van der Waals surface area contributed by atoms with Gasteiger partial charge in [0.05, 0.1) is 17.8 Å². The highest BCUT2D eigenvalue weighted by atomic mass is 19.0. The number of rotatable bonds is 23. The van der Waals surface area contributed by atoms with Gasteiger partial charge >= 0.3 is 0 Å². The van der Waals surface area contributed by atoms with Gasteiger partial charge in [0.2, 0.25) is 0 Å². The third-order valence-corrected chi connectivity index (χ3v) is 7.39. The van der Waals surface area contributed by atoms with E-state index in [9.17, 15) is 15.4 Å². The molecular formula is C27H60F2N2O3. The van der Waals surface area contributed by atoms with E-state index in [1.165, 1.54) is 83.5 Å². The number of unbranched alkanes of at least 4 members (excludes halogenated alkanes) is 14. The van der Waals surface area contributed by atoms with Gasteiger partial charge < -0.3 is 15.4 Å². The van der Waals surface area contributed by atoms with Gasteiger partial charge in [0.25, 0.3) is 0 Å². The van der Waals surface area contributed by atoms with Crippen LogP contribution in [-0.2, 0) is 0 Å². The molecule has 0 aliphatic carbocycles. The number of halogens is 2. The lowest BCUT2D eigenvalue weighted by atomic mass is 9.81. The lowest BCUT2D eigenvalue weighted by molar-refractivity contribution is -0.161. The number of hydroxylamine groups is 1. The van der Waals surface area contributed by atoms with Crippen molar-refractivity contribution >= 4 is 0 Å². The molecule has 4 atom stereocenters. The number of nitrogens with zero attached hydrogens (tertiary/aromatic N) is 1. The van der Waals surface area contributed by atoms with E-state index in [1.54, 1.807) is 6.92 Å². The van der Waals surface area contributed by atoms with Crippen LogP contribution in [0.1, 0.15) is 150 Å². The summed E-state index contributed by atoms with van der Waals surface area (Å²) in [6, 6.07) is 0. The summed E-state index contributed by atoms with van der Waals surface area (Å²) < 4.78 is 0. The van der Waals surface area contributed by atoms with Gasteiger partial charge in [-0.1, -0.05) is 117 Å². The molecule has 0 spiro atoms. The van der Waals surface area contributed by atoms with Crippen LogP contribution in [0.15, 0.2) is 0 Å². The molecule has 4 N–H and O–H groups in total. The Labute approximate surface area is 209 Å². The van der Waals surface area contributed by atoms with Crippen LogP contribution in [0.5, 0.6) is 0 Å². The van der Waals surface area contributed by atoms with Crippen molar-refractivity contribution in [1.82, 2.24) is 10.4 Å². The van der Waals surface area contributed by atoms with E-state index >= 15 is 0 Å². The molecule has 0 aromatic rings. The van der Waals surface area contributed by atoms with Crippen LogP contribution >= 0.6 is 0 Å². The first-order valence-corrected chi connectivity index (χ1v) is 13.9. The minimum atomic E-state index is -0.745. The molecular weight excluding hydrogens is 438 g/mol. The molecule has 0 amide bonds. The van der Waals surface area contributed by atoms with Crippen LogP contribution in [-0.4, -0.2) is 44.4 Å². The average molecular weight is 499 g/mol. The van der Waals surface area contributed by atoms with E-state index in [0.717, 1.165) is 25.7 Å². The molecule has 0 saturated heterocycles. The number of hydrogen-bond acceptors (Lipinski definition) is 5. The largest absolute Gasteiger partial charge is 0.391 e. The lowest BCUT2D eigenvalue weighted by Crippen LogP contribution is -2.65. The van der Waals surface area contributed by atoms with Crippen LogP contribution in [0.4, 0.5) is 9.41 Å². The van der Waals surface area contributed by atoms with Gasteiger partial charge in [0.1, 0.15) is 6.23 Å². The summed E-state index contributed by atoms with van der Waals surface area (Å²) in [4.78, 5) is 1.88. The number of hydrogen-bond donors (Lipinski definition) is 4. The number of aliphatic hydroxyl groups excluding tert-OH is 2. The van der Waals surface area contributed by atoms with E-state index in [2.05, 4.69) is 19.3 Å². The van der Waals surface area contributed by atoms with E-state index < -0.39 is 17.9 Å². The van der Waals surface area contributed by atoms with Crippen molar-refractivity contribution in [2.75, 3.05) is 0 Å². The van der Waals surface area contributed by atoms with Crippen molar-refractivity contribution < 1.29 is 24.8 Å². The van der Waals surface area contributed by atoms with Gasteiger partial charge in [0, 0.05) is 0 Å². The van der Waals surface area contributed by atoms with Crippen LogP contribution in [0.2, 0.25) is 0 Å². The van der Waals surface area contributed by atoms with Crippen molar-refractivity contribution in [3.63, 3.8) is 0 Å². The highest BCUT2D eigenvalue weighted by molar-refractivity contribution is 4.96. The Bertz CT molecular complexity index is 413. The molecule has 210 valence electrons. The maximum atomic E-state index is 10.7. The van der Waals surface area contributed by atoms with Crippen LogP contribution in [0, 0.1) is 0 Å². The number of nitrogens with one attached hydrogen (secondary N) is 1. The molecule has 0 saturated carbocycles. The van der Waals surface area contributed by atoms with Gasteiger partial charge in [-0.3, -0.25) is 14.3 Å². The van der Waals surface area contributed by atoms with E-state index in [4.69, 9.17) is 0 Å². The summed E-state index contributed by atoms with van der Waals surface area (Å²) in [5.74, 6) is 0. The highest BCUT2D eigenvalue weighted by Gasteiger charge is 2.44. The molecule has 0 aliphatic heterocycles. The van der Waals surface area contributed by atoms with E-state index in [-0.39, 0.29) is 15.6 Å². The summed E-state index contributed by atoms with van der Waals surface area (Å²) in [5.41, 5.74) is 1.80. The molecule has 0 radical (unpaired) electrons. The molecule has 5 nitrogen and oxygen atoms in total. The molecule has 0 bridgehead atoms. The summed E-state index contributed by atoms with van der Waals surface area (Å²) >= 11 is 0. The predicted molar refractivity (Wildman–Crippen MR) is 142 cm³/mol. The predicted octanol–water partition coefficient (Wildman–Crippen LogP) is 7.44. The standard InChI is InChI=1S/C27H58N2O3.2FH/c1-6-9-10-11-12-13-14-15-16-17-18-19-20-21-22-23-27(8-3,24(4)30)29(25(5)31)26(7-2)28-32;;/h24-26,28,30-32H,6-23H2,1-5H3;2*1H.